The maximum atomic E-state index is 12.8. The monoisotopic (exact) mass is 397 g/mol. The van der Waals surface area contributed by atoms with Crippen molar-refractivity contribution in [1.29, 1.82) is 0 Å². The zero-order chi connectivity index (χ0) is 20.0. The van der Waals surface area contributed by atoms with Crippen molar-refractivity contribution in [2.45, 2.75) is 38.8 Å². The third-order valence-electron chi connectivity index (χ3n) is 4.58. The van der Waals surface area contributed by atoms with Crippen molar-refractivity contribution in [3.8, 4) is 0 Å². The lowest BCUT2D eigenvalue weighted by molar-refractivity contribution is -0.150. The number of carbonyl (C=O) groups is 2. The average Bonchev–Trinajstić information content (AvgIpc) is 2.98. The molecular formula is C19H24FNO5S. The second-order valence-corrected chi connectivity index (χ2v) is 8.84. The molecule has 1 saturated heterocycles. The molecule has 1 aromatic rings. The number of esters is 1. The first-order valence-corrected chi connectivity index (χ1v) is 10.7. The molecule has 1 aliphatic heterocycles. The van der Waals surface area contributed by atoms with Crippen LogP contribution in [0.2, 0.25) is 0 Å². The highest BCUT2D eigenvalue weighted by molar-refractivity contribution is 7.91. The molecule has 1 heterocycles. The summed E-state index contributed by atoms with van der Waals surface area (Å²) in [6.45, 7) is 3.30. The van der Waals surface area contributed by atoms with Crippen molar-refractivity contribution < 1.29 is 27.1 Å². The Morgan fingerprint density at radius 2 is 2.00 bits per heavy atom. The lowest BCUT2D eigenvalue weighted by Crippen LogP contribution is -2.48. The summed E-state index contributed by atoms with van der Waals surface area (Å²) in [6, 6.07) is 5.03. The van der Waals surface area contributed by atoms with E-state index in [9.17, 15) is 22.4 Å². The highest BCUT2D eigenvalue weighted by Gasteiger charge is 2.36. The number of halogens is 1. The second kappa shape index (κ2) is 9.12. The van der Waals surface area contributed by atoms with E-state index in [0.29, 0.717) is 18.4 Å². The van der Waals surface area contributed by atoms with Crippen molar-refractivity contribution in [2.24, 2.45) is 0 Å². The molecular weight excluding hydrogens is 373 g/mol. The molecule has 0 aromatic heterocycles. The van der Waals surface area contributed by atoms with Gasteiger partial charge in [-0.2, -0.15) is 0 Å². The molecule has 0 saturated carbocycles. The molecule has 0 radical (unpaired) electrons. The summed E-state index contributed by atoms with van der Waals surface area (Å²) in [4.78, 5) is 25.9. The molecule has 2 atom stereocenters. The van der Waals surface area contributed by atoms with E-state index >= 15 is 0 Å². The van der Waals surface area contributed by atoms with Gasteiger partial charge in [0.1, 0.15) is 5.82 Å². The zero-order valence-corrected chi connectivity index (χ0v) is 16.2. The van der Waals surface area contributed by atoms with E-state index in [2.05, 4.69) is 0 Å². The number of ether oxygens (including phenoxy) is 1. The molecule has 0 aliphatic carbocycles. The Morgan fingerprint density at radius 3 is 2.56 bits per heavy atom. The first-order chi connectivity index (χ1) is 12.7. The normalized spacial score (nSPS) is 19.7. The predicted molar refractivity (Wildman–Crippen MR) is 100 cm³/mol. The maximum absolute atomic E-state index is 12.8. The summed E-state index contributed by atoms with van der Waals surface area (Å²) < 4.78 is 41.3. The van der Waals surface area contributed by atoms with E-state index in [-0.39, 0.29) is 29.4 Å². The van der Waals surface area contributed by atoms with Crippen LogP contribution in [0.4, 0.5) is 4.39 Å². The lowest BCUT2D eigenvalue weighted by atomic mass is 10.1. The molecule has 1 fully saturated rings. The fourth-order valence-corrected chi connectivity index (χ4v) is 4.71. The first-order valence-electron chi connectivity index (χ1n) is 8.84. The van der Waals surface area contributed by atoms with Gasteiger partial charge in [0.15, 0.2) is 16.4 Å². The highest BCUT2D eigenvalue weighted by atomic mass is 32.2. The van der Waals surface area contributed by atoms with E-state index in [0.717, 1.165) is 6.08 Å². The summed E-state index contributed by atoms with van der Waals surface area (Å²) in [6.07, 6.45) is 3.69. The molecule has 1 amide bonds. The van der Waals surface area contributed by atoms with Gasteiger partial charge in [0.25, 0.3) is 5.91 Å². The summed E-state index contributed by atoms with van der Waals surface area (Å²) in [5, 5.41) is 0. The van der Waals surface area contributed by atoms with E-state index < -0.39 is 28.3 Å². The molecule has 0 bridgehead atoms. The highest BCUT2D eigenvalue weighted by Crippen LogP contribution is 2.21. The Labute approximate surface area is 158 Å². The molecule has 1 aliphatic rings. The number of rotatable bonds is 7. The number of carbonyl (C=O) groups excluding carboxylic acids is 2. The SMILES string of the molecule is CC[C@@H](C)N(C(=O)COC(=O)/C=C/c1ccc(F)cc1)[C@@H]1CCS(=O)(=O)C1. The van der Waals surface area contributed by atoms with E-state index in [1.807, 2.05) is 13.8 Å². The second-order valence-electron chi connectivity index (χ2n) is 6.61. The molecule has 1 aromatic carbocycles. The van der Waals surface area contributed by atoms with Crippen molar-refractivity contribution >= 4 is 27.8 Å². The summed E-state index contributed by atoms with van der Waals surface area (Å²) in [5.41, 5.74) is 0.622. The van der Waals surface area contributed by atoms with Crippen molar-refractivity contribution in [2.75, 3.05) is 18.1 Å². The minimum Gasteiger partial charge on any atom is -0.452 e. The average molecular weight is 397 g/mol. The molecule has 27 heavy (non-hydrogen) atoms. The standard InChI is InChI=1S/C19H24FNO5S/c1-3-14(2)21(17-10-11-27(24,25)13-17)18(22)12-26-19(23)9-6-15-4-7-16(20)8-5-15/h4-9,14,17H,3,10-13H2,1-2H3/b9-6+/t14-,17-/m1/s1. The molecule has 148 valence electrons. The van der Waals surface area contributed by atoms with Crippen LogP contribution in [0, 0.1) is 5.82 Å². The van der Waals surface area contributed by atoms with Gasteiger partial charge in [-0.05, 0) is 43.5 Å². The third kappa shape index (κ3) is 6.16. The van der Waals surface area contributed by atoms with Gasteiger partial charge in [-0.25, -0.2) is 17.6 Å². The van der Waals surface area contributed by atoms with E-state index in [1.165, 1.54) is 35.2 Å². The smallest absolute Gasteiger partial charge is 0.331 e. The number of hydrogen-bond donors (Lipinski definition) is 0. The summed E-state index contributed by atoms with van der Waals surface area (Å²) >= 11 is 0. The van der Waals surface area contributed by atoms with Crippen molar-refractivity contribution in [1.82, 2.24) is 4.90 Å². The number of hydrogen-bond acceptors (Lipinski definition) is 5. The van der Waals surface area contributed by atoms with Gasteiger partial charge in [0.2, 0.25) is 0 Å². The van der Waals surface area contributed by atoms with Crippen LogP contribution in [0.1, 0.15) is 32.3 Å². The van der Waals surface area contributed by atoms with Crippen LogP contribution in [-0.4, -0.2) is 55.4 Å². The van der Waals surface area contributed by atoms with Gasteiger partial charge in [-0.15, -0.1) is 0 Å². The Bertz CT molecular complexity index is 804. The van der Waals surface area contributed by atoms with Crippen LogP contribution in [-0.2, 0) is 24.2 Å². The minimum absolute atomic E-state index is 0.0541. The van der Waals surface area contributed by atoms with E-state index in [4.69, 9.17) is 4.74 Å². The molecule has 6 nitrogen and oxygen atoms in total. The first kappa shape index (κ1) is 21.1. The molecule has 8 heteroatoms. The Morgan fingerprint density at radius 1 is 1.33 bits per heavy atom. The molecule has 0 N–H and O–H groups in total. The fourth-order valence-electron chi connectivity index (χ4n) is 2.99. The third-order valence-corrected chi connectivity index (χ3v) is 6.33. The maximum Gasteiger partial charge on any atom is 0.331 e. The van der Waals surface area contributed by atoms with Gasteiger partial charge in [-0.3, -0.25) is 4.79 Å². The number of benzene rings is 1. The van der Waals surface area contributed by atoms with E-state index in [1.54, 1.807) is 0 Å². The Hall–Kier alpha value is -2.22. The van der Waals surface area contributed by atoms with Crippen LogP contribution in [0.5, 0.6) is 0 Å². The van der Waals surface area contributed by atoms with Gasteiger partial charge in [-0.1, -0.05) is 19.1 Å². The van der Waals surface area contributed by atoms with Crippen LogP contribution in [0.15, 0.2) is 30.3 Å². The van der Waals surface area contributed by atoms with Gasteiger partial charge in [0, 0.05) is 18.2 Å². The lowest BCUT2D eigenvalue weighted by Gasteiger charge is -2.33. The quantitative estimate of drug-likeness (QED) is 0.520. The molecule has 2 rings (SSSR count). The predicted octanol–water partition coefficient (Wildman–Crippen LogP) is 2.20. The Kier molecular flexibility index (Phi) is 7.12. The van der Waals surface area contributed by atoms with Crippen LogP contribution in [0.25, 0.3) is 6.08 Å². The number of sulfone groups is 1. The van der Waals surface area contributed by atoms with Crippen LogP contribution >= 0.6 is 0 Å². The number of nitrogens with zero attached hydrogens (tertiary/aromatic N) is 1. The summed E-state index contributed by atoms with van der Waals surface area (Å²) in [5.74, 6) is -1.47. The topological polar surface area (TPSA) is 80.8 Å². The fraction of sp³-hybridized carbons (Fsp3) is 0.474. The van der Waals surface area contributed by atoms with Gasteiger partial charge < -0.3 is 9.64 Å². The van der Waals surface area contributed by atoms with Gasteiger partial charge in [0.05, 0.1) is 11.5 Å². The number of amides is 1. The van der Waals surface area contributed by atoms with Crippen molar-refractivity contribution in [3.63, 3.8) is 0 Å². The molecule has 0 unspecified atom stereocenters. The molecule has 0 spiro atoms. The Balaban J connectivity index is 1.94. The van der Waals surface area contributed by atoms with Crippen LogP contribution < -0.4 is 0 Å². The largest absolute Gasteiger partial charge is 0.452 e. The van der Waals surface area contributed by atoms with Crippen LogP contribution in [0.3, 0.4) is 0 Å². The minimum atomic E-state index is -3.13. The van der Waals surface area contributed by atoms with Gasteiger partial charge >= 0.3 is 5.97 Å². The zero-order valence-electron chi connectivity index (χ0n) is 15.4. The summed E-state index contributed by atoms with van der Waals surface area (Å²) in [7, 11) is -3.13. The van der Waals surface area contributed by atoms with Crippen molar-refractivity contribution in [3.05, 3.63) is 41.7 Å².